The zero-order valence-corrected chi connectivity index (χ0v) is 11.9. The predicted octanol–water partition coefficient (Wildman–Crippen LogP) is 2.37. The van der Waals surface area contributed by atoms with E-state index in [1.807, 2.05) is 39.9 Å². The van der Waals surface area contributed by atoms with Gasteiger partial charge in [-0.1, -0.05) is 6.07 Å². The van der Waals surface area contributed by atoms with Gasteiger partial charge in [-0.2, -0.15) is 11.3 Å². The standard InChI is InChI=1S/C15H16N2O2S/c18-15(9-12-5-8-20-11-12)17-7-4-13(10-17)19-14-3-1-2-6-16-14/h1-3,5-6,8,11,13H,4,7,9-10H2. The fraction of sp³-hybridized carbons (Fsp3) is 0.333. The average molecular weight is 288 g/mol. The van der Waals surface area contributed by atoms with Crippen LogP contribution >= 0.6 is 11.3 Å². The van der Waals surface area contributed by atoms with E-state index in [0.29, 0.717) is 18.8 Å². The highest BCUT2D eigenvalue weighted by Crippen LogP contribution is 2.17. The second-order valence-corrected chi connectivity index (χ2v) is 5.62. The monoisotopic (exact) mass is 288 g/mol. The number of thiophene rings is 1. The van der Waals surface area contributed by atoms with Crippen LogP contribution in [0.4, 0.5) is 0 Å². The topological polar surface area (TPSA) is 42.4 Å². The van der Waals surface area contributed by atoms with E-state index in [0.717, 1.165) is 18.5 Å². The molecule has 0 saturated carbocycles. The molecule has 1 saturated heterocycles. The van der Waals surface area contributed by atoms with Gasteiger partial charge in [0.15, 0.2) is 0 Å². The van der Waals surface area contributed by atoms with Gasteiger partial charge < -0.3 is 9.64 Å². The minimum atomic E-state index is 0.0522. The molecule has 2 aromatic heterocycles. The molecule has 4 nitrogen and oxygen atoms in total. The number of ether oxygens (including phenoxy) is 1. The third-order valence-corrected chi connectivity index (χ3v) is 4.09. The van der Waals surface area contributed by atoms with Crippen molar-refractivity contribution < 1.29 is 9.53 Å². The number of carbonyl (C=O) groups is 1. The second-order valence-electron chi connectivity index (χ2n) is 4.84. The van der Waals surface area contributed by atoms with Gasteiger partial charge in [0, 0.05) is 25.2 Å². The summed E-state index contributed by atoms with van der Waals surface area (Å²) in [4.78, 5) is 18.2. The van der Waals surface area contributed by atoms with E-state index < -0.39 is 0 Å². The summed E-state index contributed by atoms with van der Waals surface area (Å²) >= 11 is 1.62. The lowest BCUT2D eigenvalue weighted by molar-refractivity contribution is -0.129. The Morgan fingerprint density at radius 1 is 1.45 bits per heavy atom. The Morgan fingerprint density at radius 3 is 3.15 bits per heavy atom. The van der Waals surface area contributed by atoms with Crippen LogP contribution in [-0.2, 0) is 11.2 Å². The van der Waals surface area contributed by atoms with Gasteiger partial charge in [0.25, 0.3) is 0 Å². The van der Waals surface area contributed by atoms with Gasteiger partial charge in [0.05, 0.1) is 13.0 Å². The molecule has 104 valence electrons. The van der Waals surface area contributed by atoms with E-state index in [1.165, 1.54) is 0 Å². The maximum absolute atomic E-state index is 12.2. The van der Waals surface area contributed by atoms with Crippen molar-refractivity contribution >= 4 is 17.2 Å². The molecule has 1 amide bonds. The normalized spacial score (nSPS) is 18.2. The third-order valence-electron chi connectivity index (χ3n) is 3.36. The quantitative estimate of drug-likeness (QED) is 0.867. The summed E-state index contributed by atoms with van der Waals surface area (Å²) in [6, 6.07) is 7.60. The van der Waals surface area contributed by atoms with Crippen LogP contribution in [0.25, 0.3) is 0 Å². The highest BCUT2D eigenvalue weighted by molar-refractivity contribution is 7.07. The predicted molar refractivity (Wildman–Crippen MR) is 77.9 cm³/mol. The zero-order valence-electron chi connectivity index (χ0n) is 11.1. The molecular formula is C15H16N2O2S. The van der Waals surface area contributed by atoms with Crippen LogP contribution in [0.3, 0.4) is 0 Å². The lowest BCUT2D eigenvalue weighted by Gasteiger charge is -2.16. The number of nitrogens with zero attached hydrogens (tertiary/aromatic N) is 2. The lowest BCUT2D eigenvalue weighted by atomic mass is 10.2. The molecule has 1 aliphatic heterocycles. The van der Waals surface area contributed by atoms with Gasteiger partial charge >= 0.3 is 0 Å². The molecule has 5 heteroatoms. The summed E-state index contributed by atoms with van der Waals surface area (Å²) in [5.74, 6) is 0.806. The molecule has 0 aliphatic carbocycles. The number of aromatic nitrogens is 1. The third kappa shape index (κ3) is 3.17. The van der Waals surface area contributed by atoms with E-state index in [1.54, 1.807) is 17.5 Å². The molecule has 2 aromatic rings. The Labute approximate surface area is 122 Å². The molecule has 1 fully saturated rings. The van der Waals surface area contributed by atoms with Crippen LogP contribution in [0.2, 0.25) is 0 Å². The molecule has 20 heavy (non-hydrogen) atoms. The Hall–Kier alpha value is -1.88. The van der Waals surface area contributed by atoms with Crippen molar-refractivity contribution in [2.45, 2.75) is 18.9 Å². The van der Waals surface area contributed by atoms with Gasteiger partial charge in [-0.3, -0.25) is 4.79 Å². The first-order valence-electron chi connectivity index (χ1n) is 6.68. The van der Waals surface area contributed by atoms with Gasteiger partial charge in [0.2, 0.25) is 11.8 Å². The second kappa shape index (κ2) is 6.05. The molecule has 3 rings (SSSR count). The minimum absolute atomic E-state index is 0.0522. The highest BCUT2D eigenvalue weighted by Gasteiger charge is 2.27. The molecule has 0 bridgehead atoms. The van der Waals surface area contributed by atoms with Crippen LogP contribution in [0.15, 0.2) is 41.2 Å². The molecule has 3 heterocycles. The van der Waals surface area contributed by atoms with Crippen LogP contribution in [-0.4, -0.2) is 35.0 Å². The Balaban J connectivity index is 1.53. The summed E-state index contributed by atoms with van der Waals surface area (Å²) in [5.41, 5.74) is 1.09. The number of likely N-dealkylation sites (tertiary alicyclic amines) is 1. The number of pyridine rings is 1. The van der Waals surface area contributed by atoms with Crippen molar-refractivity contribution in [2.24, 2.45) is 0 Å². The van der Waals surface area contributed by atoms with E-state index in [9.17, 15) is 4.79 Å². The van der Waals surface area contributed by atoms with Crippen molar-refractivity contribution in [1.29, 1.82) is 0 Å². The first-order valence-corrected chi connectivity index (χ1v) is 7.62. The van der Waals surface area contributed by atoms with Crippen LogP contribution in [0, 0.1) is 0 Å². The molecule has 1 aliphatic rings. The molecule has 0 aromatic carbocycles. The van der Waals surface area contributed by atoms with E-state index in [2.05, 4.69) is 4.98 Å². The van der Waals surface area contributed by atoms with Gasteiger partial charge in [-0.15, -0.1) is 0 Å². The van der Waals surface area contributed by atoms with Crippen molar-refractivity contribution in [3.63, 3.8) is 0 Å². The van der Waals surface area contributed by atoms with Crippen molar-refractivity contribution in [1.82, 2.24) is 9.88 Å². The summed E-state index contributed by atoms with van der Waals surface area (Å²) in [5, 5.41) is 4.02. The number of rotatable bonds is 4. The van der Waals surface area contributed by atoms with Gasteiger partial charge in [-0.05, 0) is 28.5 Å². The average Bonchev–Trinajstić information content (AvgIpc) is 3.11. The van der Waals surface area contributed by atoms with E-state index >= 15 is 0 Å². The Bertz CT molecular complexity index is 557. The van der Waals surface area contributed by atoms with Gasteiger partial charge in [-0.25, -0.2) is 4.98 Å². The molecule has 0 radical (unpaired) electrons. The molecule has 1 atom stereocenters. The van der Waals surface area contributed by atoms with Crippen LogP contribution in [0.1, 0.15) is 12.0 Å². The smallest absolute Gasteiger partial charge is 0.227 e. The lowest BCUT2D eigenvalue weighted by Crippen LogP contribution is -2.32. The minimum Gasteiger partial charge on any atom is -0.472 e. The van der Waals surface area contributed by atoms with Crippen LogP contribution in [0.5, 0.6) is 5.88 Å². The number of hydrogen-bond acceptors (Lipinski definition) is 4. The zero-order chi connectivity index (χ0) is 13.8. The largest absolute Gasteiger partial charge is 0.472 e. The van der Waals surface area contributed by atoms with Crippen molar-refractivity contribution in [3.05, 3.63) is 46.8 Å². The maximum Gasteiger partial charge on any atom is 0.227 e. The maximum atomic E-state index is 12.2. The van der Waals surface area contributed by atoms with Crippen molar-refractivity contribution in [2.75, 3.05) is 13.1 Å². The Kier molecular flexibility index (Phi) is 3.97. The van der Waals surface area contributed by atoms with E-state index in [4.69, 9.17) is 4.74 Å². The summed E-state index contributed by atoms with van der Waals surface area (Å²) in [6.07, 6.45) is 3.12. The number of hydrogen-bond donors (Lipinski definition) is 0. The molecule has 0 N–H and O–H groups in total. The number of carbonyl (C=O) groups excluding carboxylic acids is 1. The summed E-state index contributed by atoms with van der Waals surface area (Å²) < 4.78 is 5.79. The first-order chi connectivity index (χ1) is 9.81. The fourth-order valence-corrected chi connectivity index (χ4v) is 2.99. The van der Waals surface area contributed by atoms with Gasteiger partial charge in [0.1, 0.15) is 6.10 Å². The number of amides is 1. The summed E-state index contributed by atoms with van der Waals surface area (Å²) in [6.45, 7) is 1.42. The molecule has 1 unspecified atom stereocenters. The summed E-state index contributed by atoms with van der Waals surface area (Å²) in [7, 11) is 0. The van der Waals surface area contributed by atoms with Crippen molar-refractivity contribution in [3.8, 4) is 5.88 Å². The molecular weight excluding hydrogens is 272 g/mol. The fourth-order valence-electron chi connectivity index (χ4n) is 2.32. The first kappa shape index (κ1) is 13.1. The van der Waals surface area contributed by atoms with E-state index in [-0.39, 0.29) is 12.0 Å². The van der Waals surface area contributed by atoms with Crippen LogP contribution < -0.4 is 4.74 Å². The Morgan fingerprint density at radius 2 is 2.40 bits per heavy atom. The SMILES string of the molecule is O=C(Cc1ccsc1)N1CCC(Oc2ccccn2)C1. The molecule has 0 spiro atoms. The highest BCUT2D eigenvalue weighted by atomic mass is 32.1.